The number of pyridine rings is 1. The molecule has 8 heteroatoms. The van der Waals surface area contributed by atoms with Crippen molar-refractivity contribution in [3.8, 4) is 0 Å². The van der Waals surface area contributed by atoms with Crippen LogP contribution in [0.1, 0.15) is 16.8 Å². The molecule has 2 rings (SSSR count). The summed E-state index contributed by atoms with van der Waals surface area (Å²) in [4.78, 5) is 30.6. The zero-order chi connectivity index (χ0) is 15.6. The van der Waals surface area contributed by atoms with Crippen LogP contribution in [-0.4, -0.2) is 65.9 Å². The van der Waals surface area contributed by atoms with Crippen LogP contribution >= 0.6 is 0 Å². The van der Waals surface area contributed by atoms with Gasteiger partial charge in [0.05, 0.1) is 10.5 Å². The van der Waals surface area contributed by atoms with E-state index in [2.05, 4.69) is 15.2 Å². The molecule has 1 aromatic heterocycles. The minimum Gasteiger partial charge on any atom is -0.372 e. The first-order valence-electron chi connectivity index (χ1n) is 6.72. The summed E-state index contributed by atoms with van der Waals surface area (Å²) in [7, 11) is 5.59. The molecule has 114 valence electrons. The molecule has 0 aliphatic carbocycles. The lowest BCUT2D eigenvalue weighted by atomic mass is 10.2. The minimum absolute atomic E-state index is 0.180. The molecular weight excluding hydrogens is 274 g/mol. The molecule has 0 bridgehead atoms. The van der Waals surface area contributed by atoms with Crippen molar-refractivity contribution in [1.29, 1.82) is 0 Å². The van der Waals surface area contributed by atoms with Crippen molar-refractivity contribution in [2.45, 2.75) is 12.5 Å². The van der Waals surface area contributed by atoms with Gasteiger partial charge < -0.3 is 15.1 Å². The third kappa shape index (κ3) is 3.10. The fraction of sp³-hybridized carbons (Fsp3) is 0.538. The van der Waals surface area contributed by atoms with Gasteiger partial charge in [-0.25, -0.2) is 4.98 Å². The molecule has 1 N–H and O–H groups in total. The van der Waals surface area contributed by atoms with Gasteiger partial charge in [0.25, 0.3) is 11.6 Å². The molecule has 1 unspecified atom stereocenters. The largest absolute Gasteiger partial charge is 0.372 e. The van der Waals surface area contributed by atoms with Crippen LogP contribution in [0, 0.1) is 10.1 Å². The average Bonchev–Trinajstić information content (AvgIpc) is 2.95. The molecular formula is C13H19N5O3. The normalized spacial score (nSPS) is 18.1. The maximum Gasteiger partial charge on any atom is 0.288 e. The number of nitrogens with zero attached hydrogens (tertiary/aromatic N) is 4. The van der Waals surface area contributed by atoms with Crippen molar-refractivity contribution < 1.29 is 9.72 Å². The summed E-state index contributed by atoms with van der Waals surface area (Å²) in [5, 5.41) is 13.7. The standard InChI is InChI=1S/C13H19N5O3/c1-14-12-11(6-10(7-15-12)18(20)21)13(19)17-5-4-9(8-17)16(2)3/h6-7,9H,4-5,8H2,1-3H3,(H,14,15). The lowest BCUT2D eigenvalue weighted by molar-refractivity contribution is -0.385. The molecule has 0 radical (unpaired) electrons. The third-order valence-corrected chi connectivity index (χ3v) is 3.73. The van der Waals surface area contributed by atoms with Crippen LogP contribution < -0.4 is 5.32 Å². The van der Waals surface area contributed by atoms with E-state index >= 15 is 0 Å². The van der Waals surface area contributed by atoms with Crippen LogP contribution in [0.5, 0.6) is 0 Å². The van der Waals surface area contributed by atoms with Crippen molar-refractivity contribution in [2.75, 3.05) is 39.5 Å². The SMILES string of the molecule is CNc1ncc([N+](=O)[O-])cc1C(=O)N1CCC(N(C)C)C1. The molecule has 1 saturated heterocycles. The first-order valence-corrected chi connectivity index (χ1v) is 6.72. The van der Waals surface area contributed by atoms with E-state index in [1.54, 1.807) is 11.9 Å². The summed E-state index contributed by atoms with van der Waals surface area (Å²) >= 11 is 0. The van der Waals surface area contributed by atoms with Crippen LogP contribution in [0.25, 0.3) is 0 Å². The highest BCUT2D eigenvalue weighted by atomic mass is 16.6. The predicted octanol–water partition coefficient (Wildman–Crippen LogP) is 0.808. The Hall–Kier alpha value is -2.22. The van der Waals surface area contributed by atoms with Gasteiger partial charge >= 0.3 is 0 Å². The summed E-state index contributed by atoms with van der Waals surface area (Å²) in [5.41, 5.74) is 0.0619. The fourth-order valence-corrected chi connectivity index (χ4v) is 2.43. The average molecular weight is 293 g/mol. The van der Waals surface area contributed by atoms with Crippen LogP contribution in [0.3, 0.4) is 0 Å². The molecule has 1 atom stereocenters. The quantitative estimate of drug-likeness (QED) is 0.652. The molecule has 1 aliphatic rings. The summed E-state index contributed by atoms with van der Waals surface area (Å²) in [6, 6.07) is 1.60. The Bertz CT molecular complexity index is 561. The van der Waals surface area contributed by atoms with E-state index in [0.717, 1.165) is 12.6 Å². The smallest absolute Gasteiger partial charge is 0.288 e. The van der Waals surface area contributed by atoms with Crippen molar-refractivity contribution in [3.63, 3.8) is 0 Å². The van der Waals surface area contributed by atoms with Crippen LogP contribution in [0.4, 0.5) is 11.5 Å². The maximum atomic E-state index is 12.6. The summed E-state index contributed by atoms with van der Waals surface area (Å²) in [6.45, 7) is 1.27. The minimum atomic E-state index is -0.546. The highest BCUT2D eigenvalue weighted by Gasteiger charge is 2.30. The van der Waals surface area contributed by atoms with Gasteiger partial charge in [0.1, 0.15) is 12.0 Å². The molecule has 0 spiro atoms. The summed E-state index contributed by atoms with van der Waals surface area (Å²) < 4.78 is 0. The second kappa shape index (κ2) is 6.04. The number of rotatable bonds is 4. The highest BCUT2D eigenvalue weighted by molar-refractivity contribution is 5.99. The number of likely N-dealkylation sites (N-methyl/N-ethyl adjacent to an activating group) is 1. The van der Waals surface area contributed by atoms with E-state index in [1.807, 2.05) is 14.1 Å². The topological polar surface area (TPSA) is 91.6 Å². The van der Waals surface area contributed by atoms with Gasteiger partial charge in [-0.15, -0.1) is 0 Å². The molecule has 0 saturated carbocycles. The monoisotopic (exact) mass is 293 g/mol. The van der Waals surface area contributed by atoms with Gasteiger partial charge in [0.15, 0.2) is 0 Å². The molecule has 8 nitrogen and oxygen atoms in total. The van der Waals surface area contributed by atoms with Gasteiger partial charge in [-0.3, -0.25) is 14.9 Å². The van der Waals surface area contributed by atoms with E-state index in [9.17, 15) is 14.9 Å². The Labute approximate surface area is 122 Å². The Morgan fingerprint density at radius 2 is 2.29 bits per heavy atom. The van der Waals surface area contributed by atoms with E-state index in [-0.39, 0.29) is 17.2 Å². The lowest BCUT2D eigenvalue weighted by Crippen LogP contribution is -2.34. The van der Waals surface area contributed by atoms with Crippen molar-refractivity contribution in [2.24, 2.45) is 0 Å². The van der Waals surface area contributed by atoms with Crippen LogP contribution in [0.15, 0.2) is 12.3 Å². The summed E-state index contributed by atoms with van der Waals surface area (Å²) in [6.07, 6.45) is 2.05. The number of nitrogens with one attached hydrogen (secondary N) is 1. The van der Waals surface area contributed by atoms with Gasteiger partial charge in [-0.2, -0.15) is 0 Å². The lowest BCUT2D eigenvalue weighted by Gasteiger charge is -2.21. The Morgan fingerprint density at radius 3 is 2.81 bits per heavy atom. The van der Waals surface area contributed by atoms with Gasteiger partial charge in [0, 0.05) is 32.2 Å². The van der Waals surface area contributed by atoms with Crippen LogP contribution in [0.2, 0.25) is 0 Å². The van der Waals surface area contributed by atoms with E-state index in [4.69, 9.17) is 0 Å². The molecule has 1 fully saturated rings. The Balaban J connectivity index is 2.26. The summed E-state index contributed by atoms with van der Waals surface area (Å²) in [5.74, 6) is 0.138. The number of hydrogen-bond donors (Lipinski definition) is 1. The molecule has 0 aromatic carbocycles. The van der Waals surface area contributed by atoms with Crippen molar-refractivity contribution in [3.05, 3.63) is 27.9 Å². The van der Waals surface area contributed by atoms with E-state index in [1.165, 1.54) is 6.07 Å². The zero-order valence-corrected chi connectivity index (χ0v) is 12.4. The molecule has 21 heavy (non-hydrogen) atoms. The Kier molecular flexibility index (Phi) is 4.37. The van der Waals surface area contributed by atoms with Gasteiger partial charge in [-0.1, -0.05) is 0 Å². The number of hydrogen-bond acceptors (Lipinski definition) is 6. The number of likely N-dealkylation sites (tertiary alicyclic amines) is 1. The molecule has 2 heterocycles. The number of carbonyl (C=O) groups excluding carboxylic acids is 1. The van der Waals surface area contributed by atoms with Crippen molar-refractivity contribution >= 4 is 17.4 Å². The number of anilines is 1. The van der Waals surface area contributed by atoms with Gasteiger partial charge in [-0.05, 0) is 20.5 Å². The van der Waals surface area contributed by atoms with Crippen molar-refractivity contribution in [1.82, 2.24) is 14.8 Å². The van der Waals surface area contributed by atoms with E-state index in [0.29, 0.717) is 24.9 Å². The fourth-order valence-electron chi connectivity index (χ4n) is 2.43. The first kappa shape index (κ1) is 15.2. The first-order chi connectivity index (χ1) is 9.93. The van der Waals surface area contributed by atoms with Gasteiger partial charge in [0.2, 0.25) is 0 Å². The van der Waals surface area contributed by atoms with E-state index < -0.39 is 4.92 Å². The second-order valence-corrected chi connectivity index (χ2v) is 5.25. The third-order valence-electron chi connectivity index (χ3n) is 3.73. The zero-order valence-electron chi connectivity index (χ0n) is 12.4. The number of aromatic nitrogens is 1. The predicted molar refractivity (Wildman–Crippen MR) is 78.4 cm³/mol. The Morgan fingerprint density at radius 1 is 1.57 bits per heavy atom. The molecule has 1 amide bonds. The van der Waals surface area contributed by atoms with Crippen LogP contribution in [-0.2, 0) is 0 Å². The number of amides is 1. The second-order valence-electron chi connectivity index (χ2n) is 5.25. The highest BCUT2D eigenvalue weighted by Crippen LogP contribution is 2.23. The molecule has 1 aromatic rings. The number of nitro groups is 1. The maximum absolute atomic E-state index is 12.6. The number of carbonyl (C=O) groups is 1. The molecule has 1 aliphatic heterocycles.